The minimum atomic E-state index is -2.12. The number of halogens is 2. The van der Waals surface area contributed by atoms with E-state index in [1.54, 1.807) is 12.1 Å². The van der Waals surface area contributed by atoms with Gasteiger partial charge in [0.1, 0.15) is 11.6 Å². The molecule has 3 heterocycles. The molecule has 3 rings (SSSR count). The van der Waals surface area contributed by atoms with Crippen molar-refractivity contribution in [3.05, 3.63) is 28.5 Å². The van der Waals surface area contributed by atoms with Crippen LogP contribution in [0.25, 0.3) is 0 Å². The van der Waals surface area contributed by atoms with Gasteiger partial charge in [0.25, 0.3) is 0 Å². The number of nitrogens with zero attached hydrogens (tertiary/aromatic N) is 3. The fourth-order valence-electron chi connectivity index (χ4n) is 2.21. The Morgan fingerprint density at radius 3 is 2.91 bits per heavy atom. The Kier molecular flexibility index (Phi) is 4.70. The second-order valence-corrected chi connectivity index (χ2v) is 8.85. The molecule has 2 aliphatic rings. The first kappa shape index (κ1) is 15.8. The zero-order valence-corrected chi connectivity index (χ0v) is 14.8. The van der Waals surface area contributed by atoms with Gasteiger partial charge in [-0.3, -0.25) is 0 Å². The van der Waals surface area contributed by atoms with Gasteiger partial charge < -0.3 is 10.6 Å². The summed E-state index contributed by atoms with van der Waals surface area (Å²) in [5.74, 6) is 2.99. The molecule has 0 atom stereocenters. The quantitative estimate of drug-likeness (QED) is 0.759. The van der Waals surface area contributed by atoms with Crippen LogP contribution >= 0.6 is 27.5 Å². The number of rotatable bonds is 3. The third-order valence-corrected chi connectivity index (χ3v) is 6.52. The van der Waals surface area contributed by atoms with Gasteiger partial charge >= 0.3 is 0 Å². The van der Waals surface area contributed by atoms with Crippen LogP contribution in [0.2, 0.25) is 0 Å². The molecule has 1 aromatic heterocycles. The molecule has 1 saturated heterocycles. The lowest BCUT2D eigenvalue weighted by Gasteiger charge is -2.15. The number of anilines is 1. The highest BCUT2D eigenvalue weighted by Crippen LogP contribution is 2.23. The topological polar surface area (TPSA) is 78.7 Å². The van der Waals surface area contributed by atoms with Gasteiger partial charge in [-0.05, 0) is 52.5 Å². The summed E-state index contributed by atoms with van der Waals surface area (Å²) in [6.07, 6.45) is 1.95. The molecule has 118 valence electrons. The Bertz CT molecular complexity index is 757. The zero-order valence-electron chi connectivity index (χ0n) is 11.7. The van der Waals surface area contributed by atoms with E-state index in [4.69, 9.17) is 11.6 Å². The SMILES string of the molecule is O=S1(=Nc2cccc(NC3=C(Br)CNC(Cl)=N3)n2)CCCC1. The van der Waals surface area contributed by atoms with Crippen molar-refractivity contribution in [2.24, 2.45) is 9.36 Å². The number of aromatic nitrogens is 1. The van der Waals surface area contributed by atoms with Crippen LogP contribution in [0.15, 0.2) is 37.9 Å². The maximum absolute atomic E-state index is 12.5. The highest BCUT2D eigenvalue weighted by Gasteiger charge is 2.17. The number of nitrogens with one attached hydrogen (secondary N) is 2. The standard InChI is InChI=1S/C13H15BrClN5OS/c14-9-8-16-13(15)19-12(9)18-10-4-3-5-11(17-10)20-22(21)6-1-2-7-22/h3-5H,1-2,6-8H2,(H,16,19)(H,17,18). The molecule has 22 heavy (non-hydrogen) atoms. The maximum Gasteiger partial charge on any atom is 0.198 e. The van der Waals surface area contributed by atoms with E-state index in [-0.39, 0.29) is 0 Å². The lowest BCUT2D eigenvalue weighted by molar-refractivity contribution is 0.681. The minimum absolute atomic E-state index is 0.320. The Morgan fingerprint density at radius 2 is 2.14 bits per heavy atom. The molecule has 0 saturated carbocycles. The highest BCUT2D eigenvalue weighted by atomic mass is 79.9. The molecule has 0 bridgehead atoms. The Labute approximate surface area is 142 Å². The zero-order chi connectivity index (χ0) is 15.6. The summed E-state index contributed by atoms with van der Waals surface area (Å²) in [7, 11) is -2.12. The van der Waals surface area contributed by atoms with E-state index in [0.717, 1.165) is 17.3 Å². The average Bonchev–Trinajstić information content (AvgIpc) is 2.89. The number of aliphatic imine (C=N–C) groups is 1. The summed E-state index contributed by atoms with van der Waals surface area (Å²) in [5.41, 5.74) is 0. The van der Waals surface area contributed by atoms with E-state index in [9.17, 15) is 4.21 Å². The molecule has 6 nitrogen and oxygen atoms in total. The number of hydrogen-bond donors (Lipinski definition) is 2. The van der Waals surface area contributed by atoms with Crippen molar-refractivity contribution in [3.63, 3.8) is 0 Å². The molecule has 0 aromatic carbocycles. The molecule has 0 aliphatic carbocycles. The Balaban J connectivity index is 1.85. The van der Waals surface area contributed by atoms with Gasteiger partial charge in [0.15, 0.2) is 11.1 Å². The summed E-state index contributed by atoms with van der Waals surface area (Å²) < 4.78 is 17.7. The first-order chi connectivity index (χ1) is 10.5. The second kappa shape index (κ2) is 6.55. The molecule has 0 spiro atoms. The van der Waals surface area contributed by atoms with Crippen LogP contribution in [0, 0.1) is 0 Å². The van der Waals surface area contributed by atoms with Crippen LogP contribution < -0.4 is 10.6 Å². The van der Waals surface area contributed by atoms with Crippen molar-refractivity contribution < 1.29 is 4.21 Å². The molecule has 0 unspecified atom stereocenters. The lowest BCUT2D eigenvalue weighted by atomic mass is 10.4. The summed E-state index contributed by atoms with van der Waals surface area (Å²) in [5, 5.41) is 6.32. The number of hydrogen-bond acceptors (Lipinski definition) is 6. The van der Waals surface area contributed by atoms with Crippen LogP contribution in [0.4, 0.5) is 11.6 Å². The molecular weight excluding hydrogens is 390 g/mol. The van der Waals surface area contributed by atoms with Gasteiger partial charge in [0.05, 0.1) is 20.8 Å². The molecular formula is C13H15BrClN5OS. The normalized spacial score (nSPS) is 20.4. The van der Waals surface area contributed by atoms with E-state index in [0.29, 0.717) is 40.8 Å². The van der Waals surface area contributed by atoms with E-state index in [1.807, 2.05) is 6.07 Å². The molecule has 2 aliphatic heterocycles. The smallest absolute Gasteiger partial charge is 0.198 e. The number of pyridine rings is 1. The van der Waals surface area contributed by atoms with E-state index >= 15 is 0 Å². The molecule has 0 amide bonds. The average molecular weight is 405 g/mol. The van der Waals surface area contributed by atoms with E-state index < -0.39 is 9.73 Å². The van der Waals surface area contributed by atoms with Gasteiger partial charge in [-0.15, -0.1) is 0 Å². The third-order valence-electron chi connectivity index (χ3n) is 3.27. The second-order valence-electron chi connectivity index (χ2n) is 4.99. The van der Waals surface area contributed by atoms with Crippen molar-refractivity contribution >= 4 is 54.2 Å². The summed E-state index contributed by atoms with van der Waals surface area (Å²) in [4.78, 5) is 8.56. The largest absolute Gasteiger partial charge is 0.356 e. The first-order valence-corrected chi connectivity index (χ1v) is 9.90. The summed E-state index contributed by atoms with van der Waals surface area (Å²) in [6.45, 7) is 0.558. The van der Waals surface area contributed by atoms with Crippen molar-refractivity contribution in [2.45, 2.75) is 12.8 Å². The summed E-state index contributed by atoms with van der Waals surface area (Å²) in [6, 6.07) is 5.39. The van der Waals surface area contributed by atoms with Gasteiger partial charge in [0.2, 0.25) is 0 Å². The molecule has 0 radical (unpaired) electrons. The van der Waals surface area contributed by atoms with Crippen LogP contribution in [0.1, 0.15) is 12.8 Å². The number of amidine groups is 1. The van der Waals surface area contributed by atoms with E-state index in [2.05, 4.69) is 40.9 Å². The van der Waals surface area contributed by atoms with Crippen molar-refractivity contribution in [2.75, 3.05) is 23.4 Å². The lowest BCUT2D eigenvalue weighted by Crippen LogP contribution is -2.25. The predicted octanol–water partition coefficient (Wildman–Crippen LogP) is 3.15. The van der Waals surface area contributed by atoms with Crippen molar-refractivity contribution in [1.29, 1.82) is 0 Å². The van der Waals surface area contributed by atoms with Crippen molar-refractivity contribution in [1.82, 2.24) is 10.3 Å². The molecule has 1 aromatic rings. The van der Waals surface area contributed by atoms with Crippen LogP contribution in [0.3, 0.4) is 0 Å². The van der Waals surface area contributed by atoms with E-state index in [1.165, 1.54) is 0 Å². The Morgan fingerprint density at radius 1 is 1.36 bits per heavy atom. The molecule has 9 heteroatoms. The fourth-order valence-corrected chi connectivity index (χ4v) is 4.83. The van der Waals surface area contributed by atoms with Gasteiger partial charge in [-0.2, -0.15) is 4.36 Å². The molecule has 2 N–H and O–H groups in total. The van der Waals surface area contributed by atoms with Crippen LogP contribution in [-0.4, -0.2) is 32.5 Å². The summed E-state index contributed by atoms with van der Waals surface area (Å²) >= 11 is 9.30. The van der Waals surface area contributed by atoms with Gasteiger partial charge in [-0.25, -0.2) is 14.2 Å². The Hall–Kier alpha value is -1.12. The first-order valence-electron chi connectivity index (χ1n) is 6.87. The van der Waals surface area contributed by atoms with Gasteiger partial charge in [-0.1, -0.05) is 6.07 Å². The van der Waals surface area contributed by atoms with Crippen LogP contribution in [0.5, 0.6) is 0 Å². The maximum atomic E-state index is 12.5. The molecule has 1 fully saturated rings. The van der Waals surface area contributed by atoms with Crippen LogP contribution in [-0.2, 0) is 9.73 Å². The van der Waals surface area contributed by atoms with Crippen molar-refractivity contribution in [3.8, 4) is 0 Å². The highest BCUT2D eigenvalue weighted by molar-refractivity contribution is 9.11. The monoisotopic (exact) mass is 403 g/mol. The van der Waals surface area contributed by atoms with Gasteiger partial charge in [0, 0.05) is 11.5 Å². The predicted molar refractivity (Wildman–Crippen MR) is 94.3 cm³/mol. The minimum Gasteiger partial charge on any atom is -0.356 e. The third kappa shape index (κ3) is 3.80. The fraction of sp³-hybridized carbons (Fsp3) is 0.385.